The molecule has 2 aliphatic carbocycles. The van der Waals surface area contributed by atoms with Gasteiger partial charge in [0.25, 0.3) is 0 Å². The van der Waals surface area contributed by atoms with E-state index < -0.39 is 0 Å². The Morgan fingerprint density at radius 1 is 0.800 bits per heavy atom. The van der Waals surface area contributed by atoms with Crippen molar-refractivity contribution in [2.75, 3.05) is 0 Å². The summed E-state index contributed by atoms with van der Waals surface area (Å²) in [6.07, 6.45) is 9.96. The molecular weight excluding hydrogens is 248 g/mol. The summed E-state index contributed by atoms with van der Waals surface area (Å²) in [5, 5.41) is 19.6. The van der Waals surface area contributed by atoms with Crippen LogP contribution in [0.4, 0.5) is 0 Å². The van der Waals surface area contributed by atoms with Gasteiger partial charge in [0, 0.05) is 0 Å². The fourth-order valence-corrected chi connectivity index (χ4v) is 5.02. The Balaban J connectivity index is 2.08. The molecule has 0 spiro atoms. The average molecular weight is 282 g/mol. The van der Waals surface area contributed by atoms with E-state index in [1.54, 1.807) is 0 Å². The van der Waals surface area contributed by atoms with E-state index in [2.05, 4.69) is 20.8 Å². The van der Waals surface area contributed by atoms with Crippen LogP contribution in [-0.4, -0.2) is 22.4 Å². The van der Waals surface area contributed by atoms with Crippen molar-refractivity contribution in [2.45, 2.75) is 90.8 Å². The monoisotopic (exact) mass is 282 g/mol. The van der Waals surface area contributed by atoms with Gasteiger partial charge in [-0.1, -0.05) is 20.8 Å². The molecule has 0 aromatic rings. The third-order valence-corrected chi connectivity index (χ3v) is 6.11. The fourth-order valence-electron chi connectivity index (χ4n) is 5.02. The maximum Gasteiger partial charge on any atom is 0.0540 e. The summed E-state index contributed by atoms with van der Waals surface area (Å²) in [5.74, 6) is 2.28. The quantitative estimate of drug-likeness (QED) is 0.813. The first-order valence-electron chi connectivity index (χ1n) is 8.78. The highest BCUT2D eigenvalue weighted by Gasteiger charge is 2.43. The Morgan fingerprint density at radius 3 is 1.45 bits per heavy atom. The van der Waals surface area contributed by atoms with Crippen molar-refractivity contribution in [2.24, 2.45) is 23.2 Å². The Morgan fingerprint density at radius 2 is 1.15 bits per heavy atom. The summed E-state index contributed by atoms with van der Waals surface area (Å²) in [7, 11) is 0. The van der Waals surface area contributed by atoms with E-state index in [4.69, 9.17) is 0 Å². The van der Waals surface area contributed by atoms with Crippen molar-refractivity contribution < 1.29 is 10.2 Å². The second-order valence-electron chi connectivity index (χ2n) is 8.11. The minimum Gasteiger partial charge on any atom is -0.393 e. The molecule has 0 aromatic heterocycles. The zero-order valence-corrected chi connectivity index (χ0v) is 13.6. The Labute approximate surface area is 125 Å². The lowest BCUT2D eigenvalue weighted by Crippen LogP contribution is -2.41. The van der Waals surface area contributed by atoms with Gasteiger partial charge in [0.1, 0.15) is 0 Å². The van der Waals surface area contributed by atoms with E-state index >= 15 is 0 Å². The number of aliphatic hydroxyl groups excluding tert-OH is 2. The van der Waals surface area contributed by atoms with Crippen molar-refractivity contribution in [3.63, 3.8) is 0 Å². The molecule has 2 aliphatic rings. The van der Waals surface area contributed by atoms with Gasteiger partial charge in [-0.15, -0.1) is 0 Å². The standard InChI is InChI=1S/C18H34O2/c1-13(2)12-18(3,14-4-8-16(19)9-5-14)15-6-10-17(20)11-7-15/h13-17,19-20H,4-12H2,1-3H3. The summed E-state index contributed by atoms with van der Waals surface area (Å²) in [5.41, 5.74) is 0.411. The molecule has 2 N–H and O–H groups in total. The first-order valence-corrected chi connectivity index (χ1v) is 8.78. The van der Waals surface area contributed by atoms with E-state index in [1.807, 2.05) is 0 Å². The van der Waals surface area contributed by atoms with Crippen LogP contribution in [0.5, 0.6) is 0 Å². The molecule has 20 heavy (non-hydrogen) atoms. The lowest BCUT2D eigenvalue weighted by atomic mass is 9.57. The second kappa shape index (κ2) is 6.79. The summed E-state index contributed by atoms with van der Waals surface area (Å²) in [4.78, 5) is 0. The highest BCUT2D eigenvalue weighted by Crippen LogP contribution is 2.51. The largest absolute Gasteiger partial charge is 0.393 e. The molecule has 2 saturated carbocycles. The Bertz CT molecular complexity index is 262. The summed E-state index contributed by atoms with van der Waals surface area (Å²) in [6, 6.07) is 0. The zero-order chi connectivity index (χ0) is 14.8. The molecule has 0 bridgehead atoms. The van der Waals surface area contributed by atoms with Gasteiger partial charge in [-0.2, -0.15) is 0 Å². The smallest absolute Gasteiger partial charge is 0.0540 e. The van der Waals surface area contributed by atoms with Gasteiger partial charge in [-0.05, 0) is 81.0 Å². The molecule has 0 atom stereocenters. The van der Waals surface area contributed by atoms with Crippen LogP contribution in [0, 0.1) is 23.2 Å². The molecule has 118 valence electrons. The first kappa shape index (κ1) is 16.3. The highest BCUT2D eigenvalue weighted by atomic mass is 16.3. The van der Waals surface area contributed by atoms with Gasteiger partial charge in [0.2, 0.25) is 0 Å². The minimum atomic E-state index is -0.0530. The third-order valence-electron chi connectivity index (χ3n) is 6.11. The van der Waals surface area contributed by atoms with Crippen LogP contribution in [0.1, 0.15) is 78.6 Å². The molecule has 0 amide bonds. The molecule has 0 aliphatic heterocycles. The van der Waals surface area contributed by atoms with Crippen LogP contribution in [0.3, 0.4) is 0 Å². The van der Waals surface area contributed by atoms with E-state index in [-0.39, 0.29) is 12.2 Å². The van der Waals surface area contributed by atoms with Crippen molar-refractivity contribution in [1.82, 2.24) is 0 Å². The molecule has 2 rings (SSSR count). The van der Waals surface area contributed by atoms with Crippen LogP contribution in [0.15, 0.2) is 0 Å². The van der Waals surface area contributed by atoms with E-state index in [0.29, 0.717) is 5.41 Å². The van der Waals surface area contributed by atoms with Crippen LogP contribution < -0.4 is 0 Å². The fraction of sp³-hybridized carbons (Fsp3) is 1.00. The number of hydrogen-bond acceptors (Lipinski definition) is 2. The molecule has 0 unspecified atom stereocenters. The minimum absolute atomic E-state index is 0.0530. The molecule has 2 nitrogen and oxygen atoms in total. The molecule has 0 radical (unpaired) electrons. The molecule has 0 heterocycles. The molecule has 0 aromatic carbocycles. The van der Waals surface area contributed by atoms with Crippen LogP contribution in [-0.2, 0) is 0 Å². The van der Waals surface area contributed by atoms with Crippen LogP contribution in [0.2, 0.25) is 0 Å². The van der Waals surface area contributed by atoms with Crippen molar-refractivity contribution in [3.8, 4) is 0 Å². The number of aliphatic hydroxyl groups is 2. The van der Waals surface area contributed by atoms with Gasteiger partial charge in [-0.3, -0.25) is 0 Å². The molecular formula is C18H34O2. The second-order valence-corrected chi connectivity index (χ2v) is 8.11. The van der Waals surface area contributed by atoms with Crippen LogP contribution in [0.25, 0.3) is 0 Å². The van der Waals surface area contributed by atoms with Crippen molar-refractivity contribution in [1.29, 1.82) is 0 Å². The number of rotatable bonds is 4. The summed E-state index contributed by atoms with van der Waals surface area (Å²) in [6.45, 7) is 7.19. The van der Waals surface area contributed by atoms with Crippen molar-refractivity contribution in [3.05, 3.63) is 0 Å². The van der Waals surface area contributed by atoms with E-state index in [0.717, 1.165) is 43.4 Å². The predicted molar refractivity (Wildman–Crippen MR) is 83.5 cm³/mol. The molecule has 2 fully saturated rings. The van der Waals surface area contributed by atoms with Crippen molar-refractivity contribution >= 4 is 0 Å². The topological polar surface area (TPSA) is 40.5 Å². The lowest BCUT2D eigenvalue weighted by molar-refractivity contribution is -0.0211. The Kier molecular flexibility index (Phi) is 5.53. The maximum atomic E-state index is 9.79. The third kappa shape index (κ3) is 3.76. The maximum absolute atomic E-state index is 9.79. The predicted octanol–water partition coefficient (Wildman–Crippen LogP) is 4.14. The van der Waals surface area contributed by atoms with Gasteiger partial charge in [0.15, 0.2) is 0 Å². The number of hydrogen-bond donors (Lipinski definition) is 2. The Hall–Kier alpha value is -0.0800. The molecule has 2 heteroatoms. The van der Waals surface area contributed by atoms with E-state index in [1.165, 1.54) is 32.1 Å². The average Bonchev–Trinajstić information content (AvgIpc) is 2.39. The zero-order valence-electron chi connectivity index (χ0n) is 13.6. The summed E-state index contributed by atoms with van der Waals surface area (Å²) >= 11 is 0. The van der Waals surface area contributed by atoms with Crippen LogP contribution >= 0.6 is 0 Å². The van der Waals surface area contributed by atoms with Gasteiger partial charge in [0.05, 0.1) is 12.2 Å². The summed E-state index contributed by atoms with van der Waals surface area (Å²) < 4.78 is 0. The normalized spacial score (nSPS) is 38.7. The molecule has 0 saturated heterocycles. The lowest BCUT2D eigenvalue weighted by Gasteiger charge is -2.49. The van der Waals surface area contributed by atoms with Gasteiger partial charge >= 0.3 is 0 Å². The van der Waals surface area contributed by atoms with Gasteiger partial charge in [-0.25, -0.2) is 0 Å². The highest BCUT2D eigenvalue weighted by molar-refractivity contribution is 4.93. The van der Waals surface area contributed by atoms with E-state index in [9.17, 15) is 10.2 Å². The van der Waals surface area contributed by atoms with Gasteiger partial charge < -0.3 is 10.2 Å². The SMILES string of the molecule is CC(C)CC(C)(C1CCC(O)CC1)C1CCC(O)CC1. The first-order chi connectivity index (χ1) is 9.41.